The van der Waals surface area contributed by atoms with E-state index in [-0.39, 0.29) is 17.6 Å². The summed E-state index contributed by atoms with van der Waals surface area (Å²) in [6, 6.07) is 15.3. The number of benzene rings is 2. The predicted molar refractivity (Wildman–Crippen MR) is 120 cm³/mol. The van der Waals surface area contributed by atoms with E-state index in [9.17, 15) is 14.0 Å². The number of amides is 2. The fraction of sp³-hybridized carbons (Fsp3) is 0.227. The van der Waals surface area contributed by atoms with E-state index in [0.29, 0.717) is 22.2 Å². The number of thioether (sulfide) groups is 1. The minimum absolute atomic E-state index is 0.0101. The summed E-state index contributed by atoms with van der Waals surface area (Å²) in [5.41, 5.74) is 1.55. The second-order valence-corrected chi connectivity index (χ2v) is 8.29. The van der Waals surface area contributed by atoms with Gasteiger partial charge in [-0.25, -0.2) is 4.39 Å². The number of halogens is 1. The molecule has 1 fully saturated rings. The molecule has 1 heterocycles. The van der Waals surface area contributed by atoms with Crippen LogP contribution in [0.5, 0.6) is 0 Å². The minimum Gasteiger partial charge on any atom is -0.326 e. The second-order valence-electron chi connectivity index (χ2n) is 6.61. The summed E-state index contributed by atoms with van der Waals surface area (Å²) < 4.78 is 13.5. The molecule has 1 saturated heterocycles. The second kappa shape index (κ2) is 10.3. The average molecular weight is 429 g/mol. The van der Waals surface area contributed by atoms with E-state index in [1.165, 1.54) is 23.9 Å². The van der Waals surface area contributed by atoms with Gasteiger partial charge in [0.25, 0.3) is 5.91 Å². The molecule has 0 saturated carbocycles. The monoisotopic (exact) mass is 428 g/mol. The first-order chi connectivity index (χ1) is 14.0. The third-order valence-corrected chi connectivity index (χ3v) is 5.76. The third-order valence-electron chi connectivity index (χ3n) is 4.38. The molecule has 0 atom stereocenters. The maximum Gasteiger partial charge on any atom is 0.266 e. The quantitative estimate of drug-likeness (QED) is 0.356. The van der Waals surface area contributed by atoms with Gasteiger partial charge in [-0.2, -0.15) is 0 Å². The number of nitrogens with zero attached hydrogens (tertiary/aromatic N) is 1. The Morgan fingerprint density at radius 3 is 2.52 bits per heavy atom. The number of rotatable bonds is 8. The number of unbranched alkanes of at least 4 members (excludes halogenated alkanes) is 2. The van der Waals surface area contributed by atoms with Crippen LogP contribution in [0.25, 0.3) is 6.08 Å². The molecule has 0 unspecified atom stereocenters. The Bertz CT molecular complexity index is 914. The van der Waals surface area contributed by atoms with E-state index in [2.05, 4.69) is 5.32 Å². The predicted octanol–water partition coefficient (Wildman–Crippen LogP) is 5.23. The van der Waals surface area contributed by atoms with Crippen molar-refractivity contribution in [2.75, 3.05) is 11.9 Å². The van der Waals surface area contributed by atoms with E-state index in [4.69, 9.17) is 12.2 Å². The number of para-hydroxylation sites is 1. The molecule has 2 aromatic rings. The molecule has 2 amide bonds. The van der Waals surface area contributed by atoms with E-state index >= 15 is 0 Å². The fourth-order valence-electron chi connectivity index (χ4n) is 2.88. The zero-order valence-electron chi connectivity index (χ0n) is 15.8. The number of carbonyl (C=O) groups excluding carboxylic acids is 2. The molecular weight excluding hydrogens is 407 g/mol. The first kappa shape index (κ1) is 21.2. The summed E-state index contributed by atoms with van der Waals surface area (Å²) in [6.07, 6.45) is 4.52. The summed E-state index contributed by atoms with van der Waals surface area (Å²) in [4.78, 5) is 26.7. The number of carbonyl (C=O) groups is 2. The molecule has 1 aliphatic heterocycles. The molecule has 4 nitrogen and oxygen atoms in total. The van der Waals surface area contributed by atoms with Gasteiger partial charge in [0.1, 0.15) is 10.1 Å². The van der Waals surface area contributed by atoms with Crippen LogP contribution in [0.2, 0.25) is 0 Å². The molecule has 7 heteroatoms. The Balaban J connectivity index is 1.41. The van der Waals surface area contributed by atoms with Crippen LogP contribution in [0.15, 0.2) is 59.5 Å². The van der Waals surface area contributed by atoms with Crippen LogP contribution in [0, 0.1) is 5.82 Å². The molecule has 0 bridgehead atoms. The molecule has 0 aromatic heterocycles. The van der Waals surface area contributed by atoms with Crippen LogP contribution in [0.1, 0.15) is 31.2 Å². The average Bonchev–Trinajstić information content (AvgIpc) is 2.97. The van der Waals surface area contributed by atoms with E-state index in [1.807, 2.05) is 30.3 Å². The molecule has 0 radical (unpaired) electrons. The summed E-state index contributed by atoms with van der Waals surface area (Å²) in [5, 5.41) is 2.86. The highest BCUT2D eigenvalue weighted by molar-refractivity contribution is 8.26. The lowest BCUT2D eigenvalue weighted by Gasteiger charge is -2.14. The fourth-order valence-corrected chi connectivity index (χ4v) is 4.19. The van der Waals surface area contributed by atoms with Gasteiger partial charge >= 0.3 is 0 Å². The Labute approximate surface area is 179 Å². The van der Waals surface area contributed by atoms with Gasteiger partial charge in [0.2, 0.25) is 5.91 Å². The van der Waals surface area contributed by atoms with Gasteiger partial charge in [-0.1, -0.05) is 60.7 Å². The van der Waals surface area contributed by atoms with Crippen molar-refractivity contribution in [3.63, 3.8) is 0 Å². The number of anilines is 1. The van der Waals surface area contributed by atoms with Gasteiger partial charge in [-0.3, -0.25) is 14.5 Å². The molecule has 2 aromatic carbocycles. The summed E-state index contributed by atoms with van der Waals surface area (Å²) in [5.74, 6) is -0.442. The van der Waals surface area contributed by atoms with Crippen molar-refractivity contribution in [1.29, 1.82) is 0 Å². The van der Waals surface area contributed by atoms with E-state index in [1.54, 1.807) is 23.1 Å². The maximum absolute atomic E-state index is 13.0. The zero-order valence-corrected chi connectivity index (χ0v) is 17.4. The first-order valence-electron chi connectivity index (χ1n) is 9.39. The van der Waals surface area contributed by atoms with Crippen molar-refractivity contribution in [3.05, 3.63) is 70.9 Å². The van der Waals surface area contributed by atoms with Crippen LogP contribution in [-0.2, 0) is 9.59 Å². The molecule has 29 heavy (non-hydrogen) atoms. The topological polar surface area (TPSA) is 49.4 Å². The van der Waals surface area contributed by atoms with Gasteiger partial charge in [0, 0.05) is 18.7 Å². The van der Waals surface area contributed by atoms with E-state index in [0.717, 1.165) is 30.5 Å². The molecule has 0 spiro atoms. The Morgan fingerprint density at radius 2 is 1.79 bits per heavy atom. The van der Waals surface area contributed by atoms with Crippen LogP contribution in [0.4, 0.5) is 10.1 Å². The number of hydrogen-bond donors (Lipinski definition) is 1. The highest BCUT2D eigenvalue weighted by atomic mass is 32.2. The number of nitrogens with one attached hydrogen (secondary N) is 1. The molecule has 0 aliphatic carbocycles. The first-order valence-corrected chi connectivity index (χ1v) is 10.6. The van der Waals surface area contributed by atoms with Crippen molar-refractivity contribution in [2.24, 2.45) is 0 Å². The third kappa shape index (κ3) is 6.24. The van der Waals surface area contributed by atoms with Crippen LogP contribution in [-0.4, -0.2) is 27.6 Å². The minimum atomic E-state index is -0.313. The van der Waals surface area contributed by atoms with Crippen molar-refractivity contribution in [2.45, 2.75) is 25.7 Å². The van der Waals surface area contributed by atoms with Gasteiger partial charge < -0.3 is 5.32 Å². The SMILES string of the molecule is O=C(CCCCCN1C(=O)/C(=C/c2ccc(F)cc2)SC1=S)Nc1ccccc1. The Kier molecular flexibility index (Phi) is 7.55. The van der Waals surface area contributed by atoms with Crippen molar-refractivity contribution >= 4 is 51.9 Å². The Morgan fingerprint density at radius 1 is 1.07 bits per heavy atom. The molecule has 1 N–H and O–H groups in total. The number of hydrogen-bond acceptors (Lipinski definition) is 4. The van der Waals surface area contributed by atoms with Crippen LogP contribution in [0.3, 0.4) is 0 Å². The van der Waals surface area contributed by atoms with Crippen LogP contribution < -0.4 is 5.32 Å². The highest BCUT2D eigenvalue weighted by Gasteiger charge is 2.31. The lowest BCUT2D eigenvalue weighted by Crippen LogP contribution is -2.29. The Hall–Kier alpha value is -2.51. The molecule has 150 valence electrons. The molecular formula is C22H21FN2O2S2. The normalized spacial score (nSPS) is 15.2. The highest BCUT2D eigenvalue weighted by Crippen LogP contribution is 2.32. The zero-order chi connectivity index (χ0) is 20.6. The molecule has 3 rings (SSSR count). The van der Waals surface area contributed by atoms with Gasteiger partial charge in [0.15, 0.2) is 0 Å². The van der Waals surface area contributed by atoms with Gasteiger partial charge in [-0.05, 0) is 48.7 Å². The summed E-state index contributed by atoms with van der Waals surface area (Å²) >= 11 is 6.59. The lowest BCUT2D eigenvalue weighted by atomic mass is 10.1. The summed E-state index contributed by atoms with van der Waals surface area (Å²) in [6.45, 7) is 0.533. The van der Waals surface area contributed by atoms with Crippen molar-refractivity contribution < 1.29 is 14.0 Å². The van der Waals surface area contributed by atoms with Gasteiger partial charge in [0.05, 0.1) is 4.91 Å². The molecule has 1 aliphatic rings. The lowest BCUT2D eigenvalue weighted by molar-refractivity contribution is -0.122. The summed E-state index contributed by atoms with van der Waals surface area (Å²) in [7, 11) is 0. The van der Waals surface area contributed by atoms with Gasteiger partial charge in [-0.15, -0.1) is 0 Å². The van der Waals surface area contributed by atoms with Crippen molar-refractivity contribution in [3.8, 4) is 0 Å². The maximum atomic E-state index is 13.0. The smallest absolute Gasteiger partial charge is 0.266 e. The largest absolute Gasteiger partial charge is 0.326 e. The van der Waals surface area contributed by atoms with E-state index < -0.39 is 0 Å². The van der Waals surface area contributed by atoms with Crippen molar-refractivity contribution in [1.82, 2.24) is 4.90 Å². The standard InChI is InChI=1S/C22H21FN2O2S2/c23-17-12-10-16(11-13-17)15-19-21(27)25(22(28)29-19)14-6-2-5-9-20(26)24-18-7-3-1-4-8-18/h1,3-4,7-8,10-13,15H,2,5-6,9,14H2,(H,24,26)/b19-15-. The number of thiocarbonyl (C=S) groups is 1. The van der Waals surface area contributed by atoms with Crippen LogP contribution >= 0.6 is 24.0 Å².